The van der Waals surface area contributed by atoms with Gasteiger partial charge in [0, 0.05) is 15.1 Å². The second-order valence-electron chi connectivity index (χ2n) is 4.14. The molecule has 1 aliphatic rings. The topological polar surface area (TPSA) is 20.2 Å². The molecule has 2 heteroatoms. The number of hydrogen-bond acceptors (Lipinski definition) is 2. The van der Waals surface area contributed by atoms with Crippen molar-refractivity contribution in [1.29, 1.82) is 0 Å². The van der Waals surface area contributed by atoms with Gasteiger partial charge in [0.2, 0.25) is 0 Å². The van der Waals surface area contributed by atoms with Crippen LogP contribution < -0.4 is 0 Å². The van der Waals surface area contributed by atoms with Crippen LogP contribution in [0.4, 0.5) is 0 Å². The maximum absolute atomic E-state index is 9.72. The Balaban J connectivity index is 3.08. The first kappa shape index (κ1) is 8.98. The van der Waals surface area contributed by atoms with Gasteiger partial charge in [0.05, 0.1) is 0 Å². The van der Waals surface area contributed by atoms with Crippen LogP contribution in [0.15, 0.2) is 10.7 Å². The lowest BCUT2D eigenvalue weighted by Gasteiger charge is -2.33. The van der Waals surface area contributed by atoms with E-state index in [9.17, 15) is 5.11 Å². The molecular weight excluding hydrogens is 156 g/mol. The summed E-state index contributed by atoms with van der Waals surface area (Å²) in [6.45, 7) is 10.5. The summed E-state index contributed by atoms with van der Waals surface area (Å²) >= 11 is 1.77. The van der Waals surface area contributed by atoms with Crippen LogP contribution in [0.3, 0.4) is 0 Å². The van der Waals surface area contributed by atoms with E-state index in [-0.39, 0.29) is 10.2 Å². The Morgan fingerprint density at radius 2 is 1.64 bits per heavy atom. The SMILES string of the molecule is CC1=C(O)C(C)(C)C(C)(C)S1. The number of rotatable bonds is 0. The van der Waals surface area contributed by atoms with Gasteiger partial charge in [-0.05, 0) is 20.8 Å². The van der Waals surface area contributed by atoms with Crippen LogP contribution >= 0.6 is 11.8 Å². The second kappa shape index (κ2) is 2.19. The summed E-state index contributed by atoms with van der Waals surface area (Å²) < 4.78 is 0.126. The summed E-state index contributed by atoms with van der Waals surface area (Å²) in [4.78, 5) is 1.07. The molecule has 0 radical (unpaired) electrons. The van der Waals surface area contributed by atoms with Gasteiger partial charge in [0.15, 0.2) is 0 Å². The van der Waals surface area contributed by atoms with Crippen molar-refractivity contribution in [1.82, 2.24) is 0 Å². The largest absolute Gasteiger partial charge is 0.511 e. The molecule has 1 N–H and O–H groups in total. The molecule has 1 aliphatic heterocycles. The minimum Gasteiger partial charge on any atom is -0.511 e. The Kier molecular flexibility index (Phi) is 1.79. The molecule has 1 heterocycles. The van der Waals surface area contributed by atoms with Crippen LogP contribution in [0, 0.1) is 5.41 Å². The Morgan fingerprint density at radius 3 is 1.73 bits per heavy atom. The Bertz CT molecular complexity index is 214. The van der Waals surface area contributed by atoms with Crippen LogP contribution in [0.2, 0.25) is 0 Å². The van der Waals surface area contributed by atoms with Gasteiger partial charge >= 0.3 is 0 Å². The van der Waals surface area contributed by atoms with E-state index < -0.39 is 0 Å². The third-order valence-electron chi connectivity index (χ3n) is 2.84. The highest BCUT2D eigenvalue weighted by Gasteiger charge is 2.47. The summed E-state index contributed by atoms with van der Waals surface area (Å²) in [5, 5.41) is 9.72. The van der Waals surface area contributed by atoms with Gasteiger partial charge in [-0.1, -0.05) is 13.8 Å². The van der Waals surface area contributed by atoms with Gasteiger partial charge in [-0.15, -0.1) is 11.8 Å². The Labute approximate surface area is 72.9 Å². The van der Waals surface area contributed by atoms with Gasteiger partial charge in [-0.25, -0.2) is 0 Å². The third-order valence-corrected chi connectivity index (χ3v) is 4.36. The molecule has 0 saturated carbocycles. The first-order chi connectivity index (χ1) is 4.79. The average molecular weight is 172 g/mol. The molecule has 0 aromatic rings. The maximum Gasteiger partial charge on any atom is 0.108 e. The fourth-order valence-corrected chi connectivity index (χ4v) is 2.75. The van der Waals surface area contributed by atoms with Gasteiger partial charge in [-0.2, -0.15) is 0 Å². The second-order valence-corrected chi connectivity index (χ2v) is 5.98. The summed E-state index contributed by atoms with van der Waals surface area (Å²) in [7, 11) is 0. The first-order valence-electron chi connectivity index (χ1n) is 3.88. The van der Waals surface area contributed by atoms with Crippen LogP contribution in [0.1, 0.15) is 34.6 Å². The highest BCUT2D eigenvalue weighted by Crippen LogP contribution is 2.56. The summed E-state index contributed by atoms with van der Waals surface area (Å²) in [5.74, 6) is 0.563. The van der Waals surface area contributed by atoms with E-state index in [1.54, 1.807) is 11.8 Å². The Hall–Kier alpha value is -0.110. The molecule has 0 saturated heterocycles. The zero-order valence-electron chi connectivity index (χ0n) is 7.86. The van der Waals surface area contributed by atoms with E-state index in [0.717, 1.165) is 4.91 Å². The fourth-order valence-electron chi connectivity index (χ4n) is 1.28. The molecular formula is C9H16OS. The van der Waals surface area contributed by atoms with Crippen molar-refractivity contribution < 1.29 is 5.11 Å². The van der Waals surface area contributed by atoms with E-state index in [1.807, 2.05) is 6.92 Å². The zero-order chi connectivity index (χ0) is 8.86. The highest BCUT2D eigenvalue weighted by molar-refractivity contribution is 8.04. The van der Waals surface area contributed by atoms with Crippen molar-refractivity contribution in [3.8, 4) is 0 Å². The standard InChI is InChI=1S/C9H16OS/c1-6-7(10)8(2,3)9(4,5)11-6/h10H,1-5H3. The molecule has 0 spiro atoms. The number of aliphatic hydroxyl groups is 1. The molecule has 0 aromatic heterocycles. The number of allylic oxidation sites excluding steroid dienone is 2. The smallest absolute Gasteiger partial charge is 0.108 e. The molecule has 0 atom stereocenters. The van der Waals surface area contributed by atoms with Crippen molar-refractivity contribution in [2.75, 3.05) is 0 Å². The normalized spacial score (nSPS) is 27.7. The molecule has 0 aromatic carbocycles. The maximum atomic E-state index is 9.72. The third kappa shape index (κ3) is 1.08. The Morgan fingerprint density at radius 1 is 1.18 bits per heavy atom. The predicted octanol–water partition coefficient (Wildman–Crippen LogP) is 3.33. The molecule has 0 fully saturated rings. The van der Waals surface area contributed by atoms with Crippen molar-refractivity contribution in [2.45, 2.75) is 39.4 Å². The zero-order valence-corrected chi connectivity index (χ0v) is 8.67. The van der Waals surface area contributed by atoms with Crippen molar-refractivity contribution in [3.05, 3.63) is 10.7 Å². The lowest BCUT2D eigenvalue weighted by atomic mass is 9.79. The van der Waals surface area contributed by atoms with Gasteiger partial charge in [0.1, 0.15) is 5.76 Å². The molecule has 1 nitrogen and oxygen atoms in total. The summed E-state index contributed by atoms with van der Waals surface area (Å²) in [6.07, 6.45) is 0. The molecule has 0 aliphatic carbocycles. The van der Waals surface area contributed by atoms with Gasteiger partial charge in [-0.3, -0.25) is 0 Å². The van der Waals surface area contributed by atoms with Crippen molar-refractivity contribution in [2.24, 2.45) is 5.41 Å². The highest BCUT2D eigenvalue weighted by atomic mass is 32.2. The molecule has 1 rings (SSSR count). The van der Waals surface area contributed by atoms with Crippen LogP contribution in [0.5, 0.6) is 0 Å². The minimum atomic E-state index is -0.0816. The number of thioether (sulfide) groups is 1. The monoisotopic (exact) mass is 172 g/mol. The van der Waals surface area contributed by atoms with Crippen molar-refractivity contribution >= 4 is 11.8 Å². The minimum absolute atomic E-state index is 0.0816. The van der Waals surface area contributed by atoms with Crippen LogP contribution in [-0.2, 0) is 0 Å². The van der Waals surface area contributed by atoms with Gasteiger partial charge in [0.25, 0.3) is 0 Å². The van der Waals surface area contributed by atoms with Crippen LogP contribution in [-0.4, -0.2) is 9.85 Å². The molecule has 64 valence electrons. The summed E-state index contributed by atoms with van der Waals surface area (Å²) in [5.41, 5.74) is -0.0816. The molecule has 0 bridgehead atoms. The number of aliphatic hydroxyl groups excluding tert-OH is 1. The van der Waals surface area contributed by atoms with E-state index in [2.05, 4.69) is 27.7 Å². The van der Waals surface area contributed by atoms with E-state index in [1.165, 1.54) is 0 Å². The molecule has 0 unspecified atom stereocenters. The first-order valence-corrected chi connectivity index (χ1v) is 4.70. The van der Waals surface area contributed by atoms with Crippen LogP contribution in [0.25, 0.3) is 0 Å². The van der Waals surface area contributed by atoms with E-state index in [0.29, 0.717) is 5.76 Å². The predicted molar refractivity (Wildman–Crippen MR) is 50.8 cm³/mol. The lowest BCUT2D eigenvalue weighted by Crippen LogP contribution is -2.33. The van der Waals surface area contributed by atoms with Crippen molar-refractivity contribution in [3.63, 3.8) is 0 Å². The average Bonchev–Trinajstić information content (AvgIpc) is 1.93. The number of hydrogen-bond donors (Lipinski definition) is 1. The van der Waals surface area contributed by atoms with Gasteiger partial charge < -0.3 is 5.11 Å². The molecule has 11 heavy (non-hydrogen) atoms. The quantitative estimate of drug-likeness (QED) is 0.605. The molecule has 0 amide bonds. The summed E-state index contributed by atoms with van der Waals surface area (Å²) in [6, 6.07) is 0. The van der Waals surface area contributed by atoms with E-state index >= 15 is 0 Å². The van der Waals surface area contributed by atoms with E-state index in [4.69, 9.17) is 0 Å². The lowest BCUT2D eigenvalue weighted by molar-refractivity contribution is 0.224. The fraction of sp³-hybridized carbons (Fsp3) is 0.778.